The molecule has 2 aromatic rings. The summed E-state index contributed by atoms with van der Waals surface area (Å²) in [5.41, 5.74) is 3.15. The van der Waals surface area contributed by atoms with Crippen LogP contribution in [-0.2, 0) is 0 Å². The van der Waals surface area contributed by atoms with Crippen molar-refractivity contribution in [3.8, 4) is 11.1 Å². The Labute approximate surface area is 142 Å². The second-order valence-corrected chi connectivity index (χ2v) is 7.86. The summed E-state index contributed by atoms with van der Waals surface area (Å²) < 4.78 is 0. The molecule has 0 radical (unpaired) electrons. The fourth-order valence-electron chi connectivity index (χ4n) is 2.84. The van der Waals surface area contributed by atoms with Gasteiger partial charge in [-0.05, 0) is 24.0 Å². The fraction of sp³-hybridized carbons (Fsp3) is 0.278. The van der Waals surface area contributed by atoms with Crippen molar-refractivity contribution in [2.75, 3.05) is 0 Å². The number of ketones is 1. The van der Waals surface area contributed by atoms with Gasteiger partial charge in [0, 0.05) is 21.1 Å². The summed E-state index contributed by atoms with van der Waals surface area (Å²) in [6.45, 7) is 0. The molecule has 1 aliphatic carbocycles. The number of benzene rings is 2. The molecule has 1 saturated carbocycles. The Bertz CT molecular complexity index is 611. The Kier molecular flexibility index (Phi) is 4.60. The van der Waals surface area contributed by atoms with Crippen LogP contribution in [0, 0.1) is 5.92 Å². The van der Waals surface area contributed by atoms with Crippen LogP contribution in [0.15, 0.2) is 54.6 Å². The molecule has 2 aromatic carbocycles. The van der Waals surface area contributed by atoms with Gasteiger partial charge in [-0.2, -0.15) is 0 Å². The first-order valence-electron chi connectivity index (χ1n) is 7.13. The first-order chi connectivity index (χ1) is 10.1. The van der Waals surface area contributed by atoms with Crippen LogP contribution in [0.4, 0.5) is 0 Å². The van der Waals surface area contributed by atoms with Crippen LogP contribution in [0.3, 0.4) is 0 Å². The van der Waals surface area contributed by atoms with Crippen LogP contribution in [0.1, 0.15) is 23.2 Å². The quantitative estimate of drug-likeness (QED) is 0.486. The molecule has 0 saturated heterocycles. The third-order valence-electron chi connectivity index (χ3n) is 4.06. The summed E-state index contributed by atoms with van der Waals surface area (Å²) in [7, 11) is 0. The monoisotopic (exact) mass is 406 g/mol. The van der Waals surface area contributed by atoms with E-state index in [-0.39, 0.29) is 11.7 Å². The van der Waals surface area contributed by atoms with Gasteiger partial charge in [0.2, 0.25) is 0 Å². The maximum absolute atomic E-state index is 12.5. The Morgan fingerprint density at radius 2 is 1.33 bits per heavy atom. The first-order valence-corrected chi connectivity index (χ1v) is 8.96. The van der Waals surface area contributed by atoms with E-state index in [0.717, 1.165) is 24.0 Å². The molecule has 21 heavy (non-hydrogen) atoms. The zero-order valence-corrected chi connectivity index (χ0v) is 14.7. The van der Waals surface area contributed by atoms with Crippen LogP contribution < -0.4 is 0 Å². The normalized spacial score (nSPS) is 25.0. The molecular formula is C18H16Br2O. The van der Waals surface area contributed by atoms with Gasteiger partial charge in [0.1, 0.15) is 0 Å². The topological polar surface area (TPSA) is 17.1 Å². The molecule has 0 spiro atoms. The van der Waals surface area contributed by atoms with Crippen LogP contribution in [0.25, 0.3) is 11.1 Å². The lowest BCUT2D eigenvalue weighted by molar-refractivity contribution is 0.0923. The number of carbonyl (C=O) groups excluding carboxylic acids is 1. The predicted molar refractivity (Wildman–Crippen MR) is 94.4 cm³/mol. The molecule has 0 aromatic heterocycles. The Morgan fingerprint density at radius 3 is 1.90 bits per heavy atom. The van der Waals surface area contributed by atoms with Crippen molar-refractivity contribution in [3.05, 3.63) is 60.2 Å². The van der Waals surface area contributed by atoms with E-state index in [4.69, 9.17) is 0 Å². The van der Waals surface area contributed by atoms with Gasteiger partial charge < -0.3 is 0 Å². The van der Waals surface area contributed by atoms with Gasteiger partial charge in [-0.25, -0.2) is 0 Å². The zero-order valence-electron chi connectivity index (χ0n) is 11.5. The minimum Gasteiger partial charge on any atom is -0.294 e. The van der Waals surface area contributed by atoms with E-state index in [9.17, 15) is 4.79 Å². The molecule has 3 rings (SSSR count). The van der Waals surface area contributed by atoms with Gasteiger partial charge in [0.05, 0.1) is 0 Å². The average molecular weight is 408 g/mol. The lowest BCUT2D eigenvalue weighted by Gasteiger charge is -2.09. The van der Waals surface area contributed by atoms with Gasteiger partial charge in [0.15, 0.2) is 5.78 Å². The maximum atomic E-state index is 12.5. The van der Waals surface area contributed by atoms with Crippen molar-refractivity contribution in [1.82, 2.24) is 0 Å². The number of halogens is 2. The summed E-state index contributed by atoms with van der Waals surface area (Å²) in [6, 6.07) is 18.2. The van der Waals surface area contributed by atoms with Gasteiger partial charge in [-0.15, -0.1) is 0 Å². The van der Waals surface area contributed by atoms with Crippen molar-refractivity contribution >= 4 is 37.6 Å². The number of hydrogen-bond acceptors (Lipinski definition) is 1. The number of rotatable bonds is 3. The maximum Gasteiger partial charge on any atom is 0.166 e. The van der Waals surface area contributed by atoms with Crippen LogP contribution in [-0.4, -0.2) is 15.4 Å². The number of carbonyl (C=O) groups is 1. The average Bonchev–Trinajstić information content (AvgIpc) is 2.87. The van der Waals surface area contributed by atoms with Crippen molar-refractivity contribution in [2.45, 2.75) is 22.5 Å². The van der Waals surface area contributed by atoms with E-state index in [1.54, 1.807) is 0 Å². The minimum absolute atomic E-state index is 0.126. The fourth-order valence-corrected chi connectivity index (χ4v) is 4.18. The largest absolute Gasteiger partial charge is 0.294 e. The summed E-state index contributed by atoms with van der Waals surface area (Å²) in [5.74, 6) is 0.391. The standard InChI is InChI=1S/C18H16Br2O/c19-16-10-15(11-17(16)20)18(21)14-8-6-13(7-9-14)12-4-2-1-3-5-12/h1-9,15-17H,10-11H2. The summed E-state index contributed by atoms with van der Waals surface area (Å²) in [6.07, 6.45) is 1.82. The third kappa shape index (κ3) is 3.29. The van der Waals surface area contributed by atoms with Gasteiger partial charge in [-0.3, -0.25) is 4.79 Å². The third-order valence-corrected chi connectivity index (χ3v) is 6.79. The van der Waals surface area contributed by atoms with E-state index in [2.05, 4.69) is 44.0 Å². The highest BCUT2D eigenvalue weighted by Gasteiger charge is 2.35. The van der Waals surface area contributed by atoms with Crippen LogP contribution in [0.2, 0.25) is 0 Å². The highest BCUT2D eigenvalue weighted by molar-refractivity contribution is 9.12. The highest BCUT2D eigenvalue weighted by atomic mass is 79.9. The molecule has 0 amide bonds. The van der Waals surface area contributed by atoms with Gasteiger partial charge in [0.25, 0.3) is 0 Å². The lowest BCUT2D eigenvalue weighted by Crippen LogP contribution is -2.11. The predicted octanol–water partition coefficient (Wildman–Crippen LogP) is 5.47. The Morgan fingerprint density at radius 1 is 0.810 bits per heavy atom. The number of Topliss-reactive ketones (excluding diaryl/α,β-unsaturated/α-hetero) is 1. The molecule has 0 bridgehead atoms. The molecule has 3 heteroatoms. The molecule has 2 unspecified atom stereocenters. The van der Waals surface area contributed by atoms with E-state index >= 15 is 0 Å². The molecular weight excluding hydrogens is 392 g/mol. The van der Waals surface area contributed by atoms with Gasteiger partial charge in [-0.1, -0.05) is 86.5 Å². The lowest BCUT2D eigenvalue weighted by atomic mass is 9.95. The molecule has 1 nitrogen and oxygen atoms in total. The van der Waals surface area contributed by atoms with Crippen molar-refractivity contribution in [3.63, 3.8) is 0 Å². The molecule has 108 valence electrons. The number of hydrogen-bond donors (Lipinski definition) is 0. The van der Waals surface area contributed by atoms with Crippen LogP contribution >= 0.6 is 31.9 Å². The van der Waals surface area contributed by atoms with E-state index < -0.39 is 0 Å². The molecule has 0 aliphatic heterocycles. The summed E-state index contributed by atoms with van der Waals surface area (Å²) in [5, 5.41) is 0. The molecule has 0 N–H and O–H groups in total. The molecule has 1 fully saturated rings. The van der Waals surface area contributed by atoms with E-state index in [1.165, 1.54) is 5.56 Å². The van der Waals surface area contributed by atoms with Crippen molar-refractivity contribution in [1.29, 1.82) is 0 Å². The molecule has 0 heterocycles. The zero-order chi connectivity index (χ0) is 14.8. The SMILES string of the molecule is O=C(c1ccc(-c2ccccc2)cc1)C1CC(Br)C(Br)C1. The van der Waals surface area contributed by atoms with Crippen molar-refractivity contribution in [2.24, 2.45) is 5.92 Å². The highest BCUT2D eigenvalue weighted by Crippen LogP contribution is 2.37. The second kappa shape index (κ2) is 6.45. The molecule has 1 aliphatic rings. The van der Waals surface area contributed by atoms with Crippen LogP contribution in [0.5, 0.6) is 0 Å². The van der Waals surface area contributed by atoms with Gasteiger partial charge >= 0.3 is 0 Å². The smallest absolute Gasteiger partial charge is 0.166 e. The number of alkyl halides is 2. The van der Waals surface area contributed by atoms with E-state index in [1.807, 2.05) is 42.5 Å². The Balaban J connectivity index is 1.77. The second-order valence-electron chi connectivity index (χ2n) is 5.51. The molecule has 2 atom stereocenters. The van der Waals surface area contributed by atoms with E-state index in [0.29, 0.717) is 9.65 Å². The summed E-state index contributed by atoms with van der Waals surface area (Å²) >= 11 is 7.26. The minimum atomic E-state index is 0.126. The Hall–Kier alpha value is -0.930. The first kappa shape index (κ1) is 15.0. The summed E-state index contributed by atoms with van der Waals surface area (Å²) in [4.78, 5) is 13.3. The van der Waals surface area contributed by atoms with Crippen molar-refractivity contribution < 1.29 is 4.79 Å².